The van der Waals surface area contributed by atoms with Crippen LogP contribution in [0, 0.1) is 18.6 Å². The molecule has 36 heavy (non-hydrogen) atoms. The molecule has 2 unspecified atom stereocenters. The summed E-state index contributed by atoms with van der Waals surface area (Å²) in [5.74, 6) is -9.13. The van der Waals surface area contributed by atoms with Crippen molar-refractivity contribution in [1.29, 1.82) is 0 Å². The number of nitrogens with zero attached hydrogens (tertiary/aromatic N) is 3. The normalized spacial score (nSPS) is 18.2. The van der Waals surface area contributed by atoms with Crippen molar-refractivity contribution in [3.63, 3.8) is 0 Å². The number of thiazole rings is 1. The Morgan fingerprint density at radius 3 is 2.64 bits per heavy atom. The number of halogens is 6. The van der Waals surface area contributed by atoms with Gasteiger partial charge < -0.3 is 15.4 Å². The number of hydrogen-bond donors (Lipinski definition) is 3. The minimum absolute atomic E-state index is 0.0521. The van der Waals surface area contributed by atoms with Crippen LogP contribution in [-0.4, -0.2) is 50.0 Å². The lowest BCUT2D eigenvalue weighted by Crippen LogP contribution is -2.49. The van der Waals surface area contributed by atoms with Crippen molar-refractivity contribution in [2.24, 2.45) is 0 Å². The van der Waals surface area contributed by atoms with Gasteiger partial charge in [0.05, 0.1) is 17.2 Å². The first-order chi connectivity index (χ1) is 17.0. The molecule has 1 fully saturated rings. The number of piperidine rings is 1. The van der Waals surface area contributed by atoms with E-state index in [1.807, 2.05) is 0 Å². The number of aryl methyl sites for hydroxylation is 1. The summed E-state index contributed by atoms with van der Waals surface area (Å²) in [6, 6.07) is 2.35. The van der Waals surface area contributed by atoms with Gasteiger partial charge in [0, 0.05) is 37.3 Å². The molecule has 0 radical (unpaired) electrons. The van der Waals surface area contributed by atoms with Gasteiger partial charge >= 0.3 is 5.76 Å². The van der Waals surface area contributed by atoms with Gasteiger partial charge in [-0.05, 0) is 13.0 Å². The maximum absolute atomic E-state index is 14.3. The van der Waals surface area contributed by atoms with Crippen LogP contribution in [0.4, 0.5) is 38.0 Å². The minimum Gasteiger partial charge on any atom is -0.437 e. The maximum atomic E-state index is 14.3. The van der Waals surface area contributed by atoms with Gasteiger partial charge in [0.15, 0.2) is 22.6 Å². The third-order valence-corrected chi connectivity index (χ3v) is 6.54. The first-order valence-corrected chi connectivity index (χ1v) is 12.3. The predicted molar refractivity (Wildman–Crippen MR) is 122 cm³/mol. The molecular formula is C20H18F6N6O2S2. The SMILES string of the molecule is Cc1nc(Oc2cc(F)c(NS(=O)C(F)F)c(F)c2)c(-c2ccnc(NC3CNCC(F)(F)C3)n2)s1. The molecule has 3 aromatic rings. The van der Waals surface area contributed by atoms with Gasteiger partial charge in [0.2, 0.25) is 11.8 Å². The van der Waals surface area contributed by atoms with Crippen molar-refractivity contribution in [3.05, 3.63) is 41.0 Å². The first-order valence-electron chi connectivity index (χ1n) is 10.3. The van der Waals surface area contributed by atoms with E-state index in [0.717, 1.165) is 23.5 Å². The molecule has 2 atom stereocenters. The maximum Gasteiger partial charge on any atom is 0.330 e. The van der Waals surface area contributed by atoms with Crippen molar-refractivity contribution in [1.82, 2.24) is 20.3 Å². The van der Waals surface area contributed by atoms with Crippen molar-refractivity contribution in [2.45, 2.75) is 31.1 Å². The zero-order valence-electron chi connectivity index (χ0n) is 18.3. The Bertz CT molecular complexity index is 1250. The molecule has 1 aromatic carbocycles. The highest BCUT2D eigenvalue weighted by Crippen LogP contribution is 2.38. The van der Waals surface area contributed by atoms with E-state index in [0.29, 0.717) is 22.1 Å². The van der Waals surface area contributed by atoms with Crippen LogP contribution < -0.4 is 20.1 Å². The number of hydrogen-bond acceptors (Lipinski definition) is 8. The molecule has 8 nitrogen and oxygen atoms in total. The van der Waals surface area contributed by atoms with E-state index in [1.54, 1.807) is 11.6 Å². The smallest absolute Gasteiger partial charge is 0.330 e. The minimum atomic E-state index is -3.35. The number of benzene rings is 1. The number of alkyl halides is 4. The predicted octanol–water partition coefficient (Wildman–Crippen LogP) is 4.69. The Balaban J connectivity index is 1.56. The Morgan fingerprint density at radius 2 is 1.97 bits per heavy atom. The standard InChI is InChI=1S/C20H18F6N6O2S2/c1-9-29-17(34-11-4-12(21)15(13(22)5-11)32-36(33)18(23)24)16(35-9)14-2-3-28-19(31-14)30-10-6-20(25,26)8-27-7-10/h2-5,10,18,27,32H,6-8H2,1H3,(H,28,30,31). The van der Waals surface area contributed by atoms with E-state index >= 15 is 0 Å². The summed E-state index contributed by atoms with van der Waals surface area (Å²) in [5.41, 5.74) is -0.680. The second-order valence-corrected chi connectivity index (χ2v) is 10.0. The van der Waals surface area contributed by atoms with Crippen LogP contribution in [0.5, 0.6) is 11.6 Å². The molecule has 0 aliphatic carbocycles. The van der Waals surface area contributed by atoms with Gasteiger partial charge in [0.25, 0.3) is 5.92 Å². The van der Waals surface area contributed by atoms with Crippen molar-refractivity contribution in [2.75, 3.05) is 23.1 Å². The van der Waals surface area contributed by atoms with E-state index in [1.165, 1.54) is 12.3 Å². The fraction of sp³-hybridized carbons (Fsp3) is 0.350. The second-order valence-electron chi connectivity index (χ2n) is 7.69. The second kappa shape index (κ2) is 10.6. The number of ether oxygens (including phenoxy) is 1. The zero-order valence-corrected chi connectivity index (χ0v) is 20.0. The zero-order chi connectivity index (χ0) is 26.0. The number of aromatic nitrogens is 3. The lowest BCUT2D eigenvalue weighted by Gasteiger charge is -2.30. The van der Waals surface area contributed by atoms with Crippen LogP contribution >= 0.6 is 11.3 Å². The lowest BCUT2D eigenvalue weighted by molar-refractivity contribution is -0.0244. The van der Waals surface area contributed by atoms with Gasteiger partial charge in [0.1, 0.15) is 16.3 Å². The van der Waals surface area contributed by atoms with Crippen LogP contribution in [0.1, 0.15) is 11.4 Å². The Kier molecular flexibility index (Phi) is 7.65. The van der Waals surface area contributed by atoms with E-state index < -0.39 is 59.0 Å². The van der Waals surface area contributed by atoms with Crippen LogP contribution in [0.3, 0.4) is 0 Å². The molecule has 0 spiro atoms. The monoisotopic (exact) mass is 552 g/mol. The van der Waals surface area contributed by atoms with E-state index in [-0.39, 0.29) is 17.6 Å². The molecule has 194 valence electrons. The molecule has 1 aliphatic heterocycles. The highest BCUT2D eigenvalue weighted by molar-refractivity contribution is 7.86. The highest BCUT2D eigenvalue weighted by atomic mass is 32.2. The fourth-order valence-electron chi connectivity index (χ4n) is 3.38. The highest BCUT2D eigenvalue weighted by Gasteiger charge is 2.36. The van der Waals surface area contributed by atoms with Gasteiger partial charge in [-0.3, -0.25) is 4.72 Å². The van der Waals surface area contributed by atoms with E-state index in [2.05, 4.69) is 25.6 Å². The van der Waals surface area contributed by atoms with E-state index in [4.69, 9.17) is 4.74 Å². The number of anilines is 2. The summed E-state index contributed by atoms with van der Waals surface area (Å²) in [7, 11) is -3.00. The van der Waals surface area contributed by atoms with E-state index in [9.17, 15) is 30.6 Å². The first kappa shape index (κ1) is 26.1. The van der Waals surface area contributed by atoms with Gasteiger partial charge in [-0.25, -0.2) is 36.7 Å². The van der Waals surface area contributed by atoms with Crippen molar-refractivity contribution < 1.29 is 35.3 Å². The number of rotatable bonds is 8. The van der Waals surface area contributed by atoms with Gasteiger partial charge in [-0.1, -0.05) is 0 Å². The summed E-state index contributed by atoms with van der Waals surface area (Å²) in [6.07, 6.45) is 1.01. The summed E-state index contributed by atoms with van der Waals surface area (Å²) >= 11 is 1.15. The Labute approximate surface area is 207 Å². The van der Waals surface area contributed by atoms with Crippen LogP contribution in [0.25, 0.3) is 10.6 Å². The fourth-order valence-corrected chi connectivity index (χ4v) is 4.68. The molecule has 2 aromatic heterocycles. The summed E-state index contributed by atoms with van der Waals surface area (Å²) in [5, 5.41) is 6.03. The third kappa shape index (κ3) is 6.22. The molecule has 0 saturated carbocycles. The van der Waals surface area contributed by atoms with Gasteiger partial charge in [-0.2, -0.15) is 8.78 Å². The molecule has 16 heteroatoms. The molecule has 0 bridgehead atoms. The summed E-state index contributed by atoms with van der Waals surface area (Å²) < 4.78 is 99.2. The van der Waals surface area contributed by atoms with Crippen molar-refractivity contribution in [3.8, 4) is 22.2 Å². The number of nitrogens with one attached hydrogen (secondary N) is 3. The third-order valence-electron chi connectivity index (χ3n) is 4.84. The van der Waals surface area contributed by atoms with Crippen LogP contribution in [-0.2, 0) is 11.0 Å². The Hall–Kier alpha value is -2.98. The average Bonchev–Trinajstić information content (AvgIpc) is 3.15. The molecule has 3 N–H and O–H groups in total. The Morgan fingerprint density at radius 1 is 1.25 bits per heavy atom. The topological polar surface area (TPSA) is 101 Å². The molecule has 4 rings (SSSR count). The molecular weight excluding hydrogens is 534 g/mol. The average molecular weight is 553 g/mol. The van der Waals surface area contributed by atoms with Crippen LogP contribution in [0.15, 0.2) is 24.4 Å². The largest absolute Gasteiger partial charge is 0.437 e. The molecule has 1 aliphatic rings. The summed E-state index contributed by atoms with van der Waals surface area (Å²) in [6.45, 7) is 1.55. The quantitative estimate of drug-likeness (QED) is 0.349. The molecule has 3 heterocycles. The van der Waals surface area contributed by atoms with Gasteiger partial charge in [-0.15, -0.1) is 11.3 Å². The molecule has 1 saturated heterocycles. The lowest BCUT2D eigenvalue weighted by atomic mass is 10.0. The summed E-state index contributed by atoms with van der Waals surface area (Å²) in [4.78, 5) is 13.0. The molecule has 0 amide bonds. The van der Waals surface area contributed by atoms with Crippen molar-refractivity contribution >= 4 is 34.0 Å². The van der Waals surface area contributed by atoms with Crippen LogP contribution in [0.2, 0.25) is 0 Å².